The van der Waals surface area contributed by atoms with Crippen LogP contribution in [0.15, 0.2) is 60.1 Å². The molecular formula is C23H24N4O2S. The average Bonchev–Trinajstić information content (AvgIpc) is 3.20. The molecule has 2 amide bonds. The number of hydrogen-bond donors (Lipinski definition) is 1. The highest BCUT2D eigenvalue weighted by Crippen LogP contribution is 2.19. The number of amides is 2. The van der Waals surface area contributed by atoms with Crippen LogP contribution in [0, 0.1) is 6.92 Å². The minimum absolute atomic E-state index is 0.0800. The maximum absolute atomic E-state index is 12.8. The smallest absolute Gasteiger partial charge is 0.265 e. The van der Waals surface area contributed by atoms with Crippen LogP contribution in [0.3, 0.4) is 0 Å². The molecule has 30 heavy (non-hydrogen) atoms. The van der Waals surface area contributed by atoms with E-state index in [0.29, 0.717) is 17.1 Å². The van der Waals surface area contributed by atoms with E-state index >= 15 is 0 Å². The molecule has 0 spiro atoms. The van der Waals surface area contributed by atoms with Gasteiger partial charge in [0.25, 0.3) is 11.8 Å². The van der Waals surface area contributed by atoms with E-state index in [2.05, 4.69) is 15.2 Å². The third kappa shape index (κ3) is 4.68. The summed E-state index contributed by atoms with van der Waals surface area (Å²) in [7, 11) is 0. The van der Waals surface area contributed by atoms with Gasteiger partial charge in [-0.3, -0.25) is 9.59 Å². The van der Waals surface area contributed by atoms with Crippen LogP contribution < -0.4 is 10.2 Å². The van der Waals surface area contributed by atoms with Crippen molar-refractivity contribution in [2.45, 2.75) is 13.3 Å². The molecule has 1 N–H and O–H groups in total. The van der Waals surface area contributed by atoms with Crippen molar-refractivity contribution in [3.05, 3.63) is 76.1 Å². The summed E-state index contributed by atoms with van der Waals surface area (Å²) in [5.41, 5.74) is 2.55. The minimum atomic E-state index is -0.125. The summed E-state index contributed by atoms with van der Waals surface area (Å²) >= 11 is 1.41. The summed E-state index contributed by atoms with van der Waals surface area (Å²) < 4.78 is 0. The van der Waals surface area contributed by atoms with Crippen molar-refractivity contribution < 1.29 is 9.59 Å². The fourth-order valence-electron chi connectivity index (χ4n) is 3.48. The summed E-state index contributed by atoms with van der Waals surface area (Å²) in [6.07, 6.45) is 2.57. The van der Waals surface area contributed by atoms with E-state index in [0.717, 1.165) is 43.0 Å². The van der Waals surface area contributed by atoms with Crippen LogP contribution in [0.25, 0.3) is 0 Å². The third-order valence-corrected chi connectivity index (χ3v) is 6.02. The quantitative estimate of drug-likeness (QED) is 0.691. The van der Waals surface area contributed by atoms with Gasteiger partial charge in [-0.25, -0.2) is 4.98 Å². The first-order valence-electron chi connectivity index (χ1n) is 10.0. The van der Waals surface area contributed by atoms with E-state index < -0.39 is 0 Å². The second-order valence-corrected chi connectivity index (χ2v) is 8.28. The number of rotatable bonds is 4. The predicted molar refractivity (Wildman–Crippen MR) is 120 cm³/mol. The topological polar surface area (TPSA) is 65.5 Å². The average molecular weight is 421 g/mol. The predicted octanol–water partition coefficient (Wildman–Crippen LogP) is 4.06. The Labute approximate surface area is 180 Å². The van der Waals surface area contributed by atoms with Gasteiger partial charge >= 0.3 is 0 Å². The Kier molecular flexibility index (Phi) is 6.09. The van der Waals surface area contributed by atoms with E-state index in [1.165, 1.54) is 11.3 Å². The molecule has 6 nitrogen and oxygen atoms in total. The summed E-state index contributed by atoms with van der Waals surface area (Å²) in [4.78, 5) is 34.3. The van der Waals surface area contributed by atoms with Crippen LogP contribution >= 0.6 is 11.3 Å². The lowest BCUT2D eigenvalue weighted by atomic mass is 10.1. The van der Waals surface area contributed by atoms with Crippen molar-refractivity contribution in [3.8, 4) is 0 Å². The molecule has 1 aromatic carbocycles. The minimum Gasteiger partial charge on any atom is -0.355 e. The molecule has 1 saturated heterocycles. The third-order valence-electron chi connectivity index (χ3n) is 5.16. The SMILES string of the molecule is Cc1ccc(C(=O)N2CCCN(c3ccc(NC(=O)c4cccs4)cn3)CC2)cc1. The molecule has 0 atom stereocenters. The fourth-order valence-corrected chi connectivity index (χ4v) is 4.09. The standard InChI is InChI=1S/C23H24N4O2S/c1-17-5-7-18(8-6-17)23(29)27-12-3-11-26(13-14-27)21-10-9-19(16-24-21)25-22(28)20-4-2-15-30-20/h2,4-10,15-16H,3,11-14H2,1H3,(H,25,28). The molecule has 7 heteroatoms. The van der Waals surface area contributed by atoms with Crippen molar-refractivity contribution in [2.75, 3.05) is 36.4 Å². The number of carbonyl (C=O) groups is 2. The monoisotopic (exact) mass is 420 g/mol. The number of pyridine rings is 1. The Hall–Kier alpha value is -3.19. The van der Waals surface area contributed by atoms with Gasteiger partial charge in [-0.05, 0) is 49.1 Å². The number of anilines is 2. The lowest BCUT2D eigenvalue weighted by Gasteiger charge is -2.23. The second kappa shape index (κ2) is 9.09. The van der Waals surface area contributed by atoms with Crippen molar-refractivity contribution in [1.82, 2.24) is 9.88 Å². The Morgan fingerprint density at radius 2 is 1.83 bits per heavy atom. The number of aryl methyl sites for hydroxylation is 1. The van der Waals surface area contributed by atoms with Gasteiger partial charge in [0.05, 0.1) is 16.8 Å². The van der Waals surface area contributed by atoms with Crippen molar-refractivity contribution in [3.63, 3.8) is 0 Å². The first kappa shape index (κ1) is 20.1. The second-order valence-electron chi connectivity index (χ2n) is 7.34. The number of carbonyl (C=O) groups excluding carboxylic acids is 2. The summed E-state index contributed by atoms with van der Waals surface area (Å²) in [6.45, 7) is 4.98. The molecule has 0 radical (unpaired) electrons. The van der Waals surface area contributed by atoms with Crippen molar-refractivity contribution >= 4 is 34.7 Å². The van der Waals surface area contributed by atoms with E-state index in [1.54, 1.807) is 12.3 Å². The van der Waals surface area contributed by atoms with Crippen molar-refractivity contribution in [1.29, 1.82) is 0 Å². The molecule has 4 rings (SSSR count). The molecule has 1 fully saturated rings. The van der Waals surface area contributed by atoms with Gasteiger partial charge in [-0.2, -0.15) is 0 Å². The molecule has 1 aliphatic rings. The summed E-state index contributed by atoms with van der Waals surface area (Å²) in [6, 6.07) is 15.2. The highest BCUT2D eigenvalue weighted by atomic mass is 32.1. The van der Waals surface area contributed by atoms with Gasteiger partial charge in [-0.15, -0.1) is 11.3 Å². The largest absolute Gasteiger partial charge is 0.355 e. The summed E-state index contributed by atoms with van der Waals surface area (Å²) in [5.74, 6) is 0.810. The molecule has 154 valence electrons. The molecule has 0 unspecified atom stereocenters. The Bertz CT molecular complexity index is 1000. The van der Waals surface area contributed by atoms with Crippen LogP contribution in [0.4, 0.5) is 11.5 Å². The number of aromatic nitrogens is 1. The van der Waals surface area contributed by atoms with E-state index in [4.69, 9.17) is 0 Å². The lowest BCUT2D eigenvalue weighted by molar-refractivity contribution is 0.0767. The zero-order valence-corrected chi connectivity index (χ0v) is 17.7. The zero-order chi connectivity index (χ0) is 20.9. The Morgan fingerprint density at radius 1 is 1.00 bits per heavy atom. The number of thiophene rings is 1. The fraction of sp³-hybridized carbons (Fsp3) is 0.261. The molecule has 3 heterocycles. The van der Waals surface area contributed by atoms with Crippen LogP contribution in [-0.2, 0) is 0 Å². The molecule has 0 aliphatic carbocycles. The van der Waals surface area contributed by atoms with Gasteiger partial charge in [0.1, 0.15) is 5.82 Å². The number of nitrogens with one attached hydrogen (secondary N) is 1. The molecule has 0 bridgehead atoms. The maximum Gasteiger partial charge on any atom is 0.265 e. The molecule has 2 aromatic heterocycles. The highest BCUT2D eigenvalue weighted by molar-refractivity contribution is 7.12. The molecule has 1 aliphatic heterocycles. The number of nitrogens with zero attached hydrogens (tertiary/aromatic N) is 3. The van der Waals surface area contributed by atoms with E-state index in [9.17, 15) is 9.59 Å². The van der Waals surface area contributed by atoms with Crippen molar-refractivity contribution in [2.24, 2.45) is 0 Å². The summed E-state index contributed by atoms with van der Waals surface area (Å²) in [5, 5.41) is 4.75. The lowest BCUT2D eigenvalue weighted by Crippen LogP contribution is -2.35. The van der Waals surface area contributed by atoms with Gasteiger partial charge < -0.3 is 15.1 Å². The first-order valence-corrected chi connectivity index (χ1v) is 10.9. The Balaban J connectivity index is 1.36. The zero-order valence-electron chi connectivity index (χ0n) is 16.9. The molecule has 3 aromatic rings. The normalized spacial score (nSPS) is 14.3. The van der Waals surface area contributed by atoms with E-state index in [1.807, 2.05) is 59.7 Å². The first-order chi connectivity index (χ1) is 14.6. The van der Waals surface area contributed by atoms with Crippen LogP contribution in [0.1, 0.15) is 32.0 Å². The van der Waals surface area contributed by atoms with Gasteiger partial charge in [0.2, 0.25) is 0 Å². The van der Waals surface area contributed by atoms with Crippen LogP contribution in [0.5, 0.6) is 0 Å². The van der Waals surface area contributed by atoms with E-state index in [-0.39, 0.29) is 11.8 Å². The maximum atomic E-state index is 12.8. The van der Waals surface area contributed by atoms with Gasteiger partial charge in [0.15, 0.2) is 0 Å². The molecule has 0 saturated carbocycles. The highest BCUT2D eigenvalue weighted by Gasteiger charge is 2.21. The Morgan fingerprint density at radius 3 is 2.53 bits per heavy atom. The number of hydrogen-bond acceptors (Lipinski definition) is 5. The van der Waals surface area contributed by atoms with Gasteiger partial charge in [-0.1, -0.05) is 23.8 Å². The van der Waals surface area contributed by atoms with Crippen LogP contribution in [0.2, 0.25) is 0 Å². The number of benzene rings is 1. The molecular weight excluding hydrogens is 396 g/mol. The van der Waals surface area contributed by atoms with Crippen LogP contribution in [-0.4, -0.2) is 47.9 Å². The van der Waals surface area contributed by atoms with Gasteiger partial charge in [0, 0.05) is 31.7 Å².